The van der Waals surface area contributed by atoms with Crippen LogP contribution in [0.25, 0.3) is 0 Å². The molecule has 2 aromatic rings. The molecule has 1 heterocycles. The van der Waals surface area contributed by atoms with E-state index in [0.29, 0.717) is 24.5 Å². The summed E-state index contributed by atoms with van der Waals surface area (Å²) in [5.41, 5.74) is 6.08. The zero-order valence-electron chi connectivity index (χ0n) is 10.7. The second-order valence-electron chi connectivity index (χ2n) is 3.98. The summed E-state index contributed by atoms with van der Waals surface area (Å²) in [5.74, 6) is 0.876. The standard InChI is InChI=1S/C13H16N4O2/c1-17-12(14)11(9-16-17)13(18)15-7-8-19-10-5-3-2-4-6-10/h2-6,9H,7-8,14H2,1H3,(H,15,18). The van der Waals surface area contributed by atoms with E-state index in [1.165, 1.54) is 10.9 Å². The van der Waals surface area contributed by atoms with Crippen LogP contribution in [-0.4, -0.2) is 28.8 Å². The van der Waals surface area contributed by atoms with Crippen LogP contribution in [0.5, 0.6) is 5.75 Å². The lowest BCUT2D eigenvalue weighted by molar-refractivity contribution is 0.0948. The Kier molecular flexibility index (Phi) is 4.02. The topological polar surface area (TPSA) is 82.2 Å². The summed E-state index contributed by atoms with van der Waals surface area (Å²) < 4.78 is 6.91. The van der Waals surface area contributed by atoms with Gasteiger partial charge in [-0.3, -0.25) is 9.48 Å². The third-order valence-electron chi connectivity index (χ3n) is 2.63. The number of hydrogen-bond donors (Lipinski definition) is 2. The Balaban J connectivity index is 1.77. The van der Waals surface area contributed by atoms with Crippen molar-refractivity contribution in [2.45, 2.75) is 0 Å². The van der Waals surface area contributed by atoms with Gasteiger partial charge in [0.15, 0.2) is 0 Å². The number of aromatic nitrogens is 2. The minimum Gasteiger partial charge on any atom is -0.492 e. The van der Waals surface area contributed by atoms with Gasteiger partial charge < -0.3 is 15.8 Å². The van der Waals surface area contributed by atoms with Crippen molar-refractivity contribution in [3.05, 3.63) is 42.1 Å². The number of nitrogens with one attached hydrogen (secondary N) is 1. The third-order valence-corrected chi connectivity index (χ3v) is 2.63. The van der Waals surface area contributed by atoms with Gasteiger partial charge in [-0.15, -0.1) is 0 Å². The number of anilines is 1. The molecule has 6 heteroatoms. The zero-order chi connectivity index (χ0) is 13.7. The van der Waals surface area contributed by atoms with Crippen LogP contribution >= 0.6 is 0 Å². The lowest BCUT2D eigenvalue weighted by Crippen LogP contribution is -2.28. The predicted molar refractivity (Wildman–Crippen MR) is 71.9 cm³/mol. The molecule has 1 aromatic heterocycles. The summed E-state index contributed by atoms with van der Waals surface area (Å²) in [6.45, 7) is 0.804. The maximum Gasteiger partial charge on any atom is 0.256 e. The number of amides is 1. The molecular weight excluding hydrogens is 244 g/mol. The first-order valence-electron chi connectivity index (χ1n) is 5.92. The number of ether oxygens (including phenoxy) is 1. The number of carbonyl (C=O) groups is 1. The fourth-order valence-corrected chi connectivity index (χ4v) is 1.57. The van der Waals surface area contributed by atoms with E-state index in [2.05, 4.69) is 10.4 Å². The molecule has 1 amide bonds. The quantitative estimate of drug-likeness (QED) is 0.779. The molecule has 0 spiro atoms. The van der Waals surface area contributed by atoms with Crippen LogP contribution in [-0.2, 0) is 7.05 Å². The molecule has 2 rings (SSSR count). The summed E-state index contributed by atoms with van der Waals surface area (Å²) >= 11 is 0. The number of rotatable bonds is 5. The van der Waals surface area contributed by atoms with Gasteiger partial charge in [0.25, 0.3) is 5.91 Å². The monoisotopic (exact) mass is 260 g/mol. The normalized spacial score (nSPS) is 10.2. The van der Waals surface area contributed by atoms with Crippen molar-refractivity contribution in [2.24, 2.45) is 7.05 Å². The SMILES string of the molecule is Cn1ncc(C(=O)NCCOc2ccccc2)c1N. The Bertz CT molecular complexity index is 551. The number of hydrogen-bond acceptors (Lipinski definition) is 4. The van der Waals surface area contributed by atoms with E-state index in [0.717, 1.165) is 5.75 Å². The molecule has 0 saturated carbocycles. The largest absolute Gasteiger partial charge is 0.492 e. The van der Waals surface area contributed by atoms with E-state index in [9.17, 15) is 4.79 Å². The van der Waals surface area contributed by atoms with E-state index in [1.54, 1.807) is 7.05 Å². The van der Waals surface area contributed by atoms with Gasteiger partial charge in [0.1, 0.15) is 23.7 Å². The van der Waals surface area contributed by atoms with Gasteiger partial charge in [-0.05, 0) is 12.1 Å². The predicted octanol–water partition coefficient (Wildman–Crippen LogP) is 0.811. The Morgan fingerprint density at radius 3 is 2.79 bits per heavy atom. The van der Waals surface area contributed by atoms with Crippen LogP contribution in [0, 0.1) is 0 Å². The van der Waals surface area contributed by atoms with Crippen molar-refractivity contribution >= 4 is 11.7 Å². The molecular formula is C13H16N4O2. The van der Waals surface area contributed by atoms with Crippen molar-refractivity contribution in [1.82, 2.24) is 15.1 Å². The Hall–Kier alpha value is -2.50. The van der Waals surface area contributed by atoms with Gasteiger partial charge in [0.2, 0.25) is 0 Å². The van der Waals surface area contributed by atoms with Gasteiger partial charge in [0.05, 0.1) is 12.7 Å². The number of carbonyl (C=O) groups excluding carboxylic acids is 1. The van der Waals surface area contributed by atoms with E-state index in [1.807, 2.05) is 30.3 Å². The van der Waals surface area contributed by atoms with Crippen molar-refractivity contribution in [3.8, 4) is 5.75 Å². The second-order valence-corrected chi connectivity index (χ2v) is 3.98. The summed E-state index contributed by atoms with van der Waals surface area (Å²) in [6, 6.07) is 9.43. The van der Waals surface area contributed by atoms with Gasteiger partial charge in [-0.2, -0.15) is 5.10 Å². The molecule has 3 N–H and O–H groups in total. The molecule has 0 atom stereocenters. The number of para-hydroxylation sites is 1. The highest BCUT2D eigenvalue weighted by Crippen LogP contribution is 2.09. The molecule has 0 fully saturated rings. The van der Waals surface area contributed by atoms with Gasteiger partial charge >= 0.3 is 0 Å². The summed E-state index contributed by atoms with van der Waals surface area (Å²) in [7, 11) is 1.69. The fraction of sp³-hybridized carbons (Fsp3) is 0.231. The highest BCUT2D eigenvalue weighted by atomic mass is 16.5. The van der Waals surface area contributed by atoms with Crippen LogP contribution < -0.4 is 15.8 Å². The van der Waals surface area contributed by atoms with E-state index >= 15 is 0 Å². The second kappa shape index (κ2) is 5.90. The summed E-state index contributed by atoms with van der Waals surface area (Å²) in [5, 5.41) is 6.64. The minimum atomic E-state index is -0.248. The Morgan fingerprint density at radius 1 is 1.42 bits per heavy atom. The molecule has 0 aliphatic carbocycles. The molecule has 0 unspecified atom stereocenters. The van der Waals surface area contributed by atoms with Crippen molar-refractivity contribution in [1.29, 1.82) is 0 Å². The minimum absolute atomic E-state index is 0.248. The Labute approximate surface area is 111 Å². The molecule has 0 aliphatic heterocycles. The maximum absolute atomic E-state index is 11.8. The highest BCUT2D eigenvalue weighted by molar-refractivity contribution is 5.98. The van der Waals surface area contributed by atoms with Crippen LogP contribution in [0.3, 0.4) is 0 Å². The first-order chi connectivity index (χ1) is 9.18. The van der Waals surface area contributed by atoms with E-state index < -0.39 is 0 Å². The van der Waals surface area contributed by atoms with Crippen LogP contribution in [0.1, 0.15) is 10.4 Å². The molecule has 1 aromatic carbocycles. The van der Waals surface area contributed by atoms with Crippen molar-refractivity contribution < 1.29 is 9.53 Å². The lowest BCUT2D eigenvalue weighted by atomic mass is 10.3. The van der Waals surface area contributed by atoms with E-state index in [4.69, 9.17) is 10.5 Å². The molecule has 0 aliphatic rings. The first kappa shape index (κ1) is 12.9. The molecule has 0 saturated heterocycles. The molecule has 0 radical (unpaired) electrons. The van der Waals surface area contributed by atoms with Crippen molar-refractivity contribution in [3.63, 3.8) is 0 Å². The van der Waals surface area contributed by atoms with Gasteiger partial charge in [-0.25, -0.2) is 0 Å². The van der Waals surface area contributed by atoms with Gasteiger partial charge in [0, 0.05) is 7.05 Å². The Morgan fingerprint density at radius 2 is 2.16 bits per heavy atom. The molecule has 100 valence electrons. The smallest absolute Gasteiger partial charge is 0.256 e. The lowest BCUT2D eigenvalue weighted by Gasteiger charge is -2.07. The molecule has 0 bridgehead atoms. The average molecular weight is 260 g/mol. The molecule has 19 heavy (non-hydrogen) atoms. The number of benzene rings is 1. The van der Waals surface area contributed by atoms with Gasteiger partial charge in [-0.1, -0.05) is 18.2 Å². The summed E-state index contributed by atoms with van der Waals surface area (Å²) in [6.07, 6.45) is 1.45. The van der Waals surface area contributed by atoms with Crippen molar-refractivity contribution in [2.75, 3.05) is 18.9 Å². The third kappa shape index (κ3) is 3.25. The van der Waals surface area contributed by atoms with Crippen LogP contribution in [0.4, 0.5) is 5.82 Å². The molecule has 6 nitrogen and oxygen atoms in total. The number of nitrogen functional groups attached to an aromatic ring is 1. The highest BCUT2D eigenvalue weighted by Gasteiger charge is 2.12. The number of aryl methyl sites for hydroxylation is 1. The number of nitrogens with zero attached hydrogens (tertiary/aromatic N) is 2. The fourth-order valence-electron chi connectivity index (χ4n) is 1.57. The maximum atomic E-state index is 11.8. The summed E-state index contributed by atoms with van der Waals surface area (Å²) in [4.78, 5) is 11.8. The van der Waals surface area contributed by atoms with E-state index in [-0.39, 0.29) is 5.91 Å². The van der Waals surface area contributed by atoms with Crippen LogP contribution in [0.15, 0.2) is 36.5 Å². The average Bonchev–Trinajstić information content (AvgIpc) is 2.76. The van der Waals surface area contributed by atoms with Crippen LogP contribution in [0.2, 0.25) is 0 Å². The zero-order valence-corrected chi connectivity index (χ0v) is 10.7. The first-order valence-corrected chi connectivity index (χ1v) is 5.92. The number of nitrogens with two attached hydrogens (primary N) is 1.